The summed E-state index contributed by atoms with van der Waals surface area (Å²) in [5, 5.41) is 0. The van der Waals surface area contributed by atoms with E-state index in [1.165, 1.54) is 30.0 Å². The van der Waals surface area contributed by atoms with E-state index in [4.69, 9.17) is 4.74 Å². The molecule has 0 fully saturated rings. The van der Waals surface area contributed by atoms with Crippen molar-refractivity contribution in [3.8, 4) is 0 Å². The Morgan fingerprint density at radius 3 is 2.28 bits per heavy atom. The van der Waals surface area contributed by atoms with Crippen molar-refractivity contribution in [2.24, 2.45) is 0 Å². The molecule has 7 heteroatoms. The average Bonchev–Trinajstić information content (AvgIpc) is 2.93. The minimum Gasteiger partial charge on any atom is -0.449 e. The van der Waals surface area contributed by atoms with E-state index in [1.807, 2.05) is 26.0 Å². The molecule has 2 aromatic rings. The van der Waals surface area contributed by atoms with Gasteiger partial charge >= 0.3 is 5.97 Å². The molecule has 1 aliphatic rings. The molecule has 0 aromatic heterocycles. The summed E-state index contributed by atoms with van der Waals surface area (Å²) in [6.45, 7) is 5.18. The number of carbonyl (C=O) groups excluding carboxylic acids is 4. The first kappa shape index (κ1) is 20.3. The predicted molar refractivity (Wildman–Crippen MR) is 107 cm³/mol. The molecule has 3 rings (SSSR count). The number of imide groups is 1. The van der Waals surface area contributed by atoms with Crippen molar-refractivity contribution in [1.82, 2.24) is 4.90 Å². The number of hydrogen-bond acceptors (Lipinski definition) is 5. The van der Waals surface area contributed by atoms with Crippen molar-refractivity contribution < 1.29 is 23.9 Å². The first-order valence-electron chi connectivity index (χ1n) is 9.14. The second-order valence-electron chi connectivity index (χ2n) is 7.28. The normalized spacial score (nSPS) is 13.9. The molecule has 0 saturated heterocycles. The molecule has 7 nitrogen and oxygen atoms in total. The summed E-state index contributed by atoms with van der Waals surface area (Å²) in [6.07, 6.45) is -0.963. The summed E-state index contributed by atoms with van der Waals surface area (Å²) in [7, 11) is 3.13. The highest BCUT2D eigenvalue weighted by Gasteiger charge is 2.38. The van der Waals surface area contributed by atoms with Gasteiger partial charge in [-0.2, -0.15) is 0 Å². The maximum atomic E-state index is 13.0. The average molecular weight is 394 g/mol. The number of likely N-dealkylation sites (N-methyl/N-ethyl adjacent to an activating group) is 1. The van der Waals surface area contributed by atoms with E-state index in [1.54, 1.807) is 20.2 Å². The van der Waals surface area contributed by atoms with E-state index in [2.05, 4.69) is 0 Å². The molecule has 0 unspecified atom stereocenters. The summed E-state index contributed by atoms with van der Waals surface area (Å²) in [5.74, 6) is -2.02. The van der Waals surface area contributed by atoms with E-state index in [-0.39, 0.29) is 22.6 Å². The van der Waals surface area contributed by atoms with Gasteiger partial charge in [-0.15, -0.1) is 0 Å². The highest BCUT2D eigenvalue weighted by atomic mass is 16.5. The zero-order chi connectivity index (χ0) is 21.5. The summed E-state index contributed by atoms with van der Waals surface area (Å²) >= 11 is 0. The Balaban J connectivity index is 1.91. The topological polar surface area (TPSA) is 84.0 Å². The highest BCUT2D eigenvalue weighted by molar-refractivity contribution is 6.35. The van der Waals surface area contributed by atoms with Gasteiger partial charge in [0.1, 0.15) is 0 Å². The molecular weight excluding hydrogens is 372 g/mol. The maximum Gasteiger partial charge on any atom is 0.338 e. The quantitative estimate of drug-likeness (QED) is 0.588. The molecule has 0 spiro atoms. The van der Waals surface area contributed by atoms with Gasteiger partial charge in [-0.05, 0) is 56.2 Å². The number of anilines is 1. The van der Waals surface area contributed by atoms with Gasteiger partial charge in [0.15, 0.2) is 6.10 Å². The molecule has 150 valence electrons. The monoisotopic (exact) mass is 394 g/mol. The van der Waals surface area contributed by atoms with Gasteiger partial charge in [0, 0.05) is 14.1 Å². The summed E-state index contributed by atoms with van der Waals surface area (Å²) in [4.78, 5) is 52.6. The lowest BCUT2D eigenvalue weighted by molar-refractivity contribution is -0.137. The van der Waals surface area contributed by atoms with E-state index in [0.29, 0.717) is 5.69 Å². The Morgan fingerprint density at radius 1 is 0.966 bits per heavy atom. The molecule has 0 aliphatic carbocycles. The summed E-state index contributed by atoms with van der Waals surface area (Å²) in [6, 6.07) is 9.74. The van der Waals surface area contributed by atoms with Crippen molar-refractivity contribution in [3.05, 3.63) is 64.2 Å². The van der Waals surface area contributed by atoms with Crippen molar-refractivity contribution >= 4 is 29.4 Å². The second kappa shape index (κ2) is 7.50. The number of carbonyl (C=O) groups is 4. The second-order valence-corrected chi connectivity index (χ2v) is 7.28. The standard InChI is InChI=1S/C22H22N2O5/c1-12-6-7-13(2)18(10-12)24-20(26)16-9-8-15(11-17(16)21(24)27)22(28)29-14(3)19(25)23(4)5/h6-11,14H,1-5H3/t14-/m1/s1. The van der Waals surface area contributed by atoms with Gasteiger partial charge in [-0.3, -0.25) is 14.4 Å². The number of fused-ring (bicyclic) bond motifs is 1. The van der Waals surface area contributed by atoms with Crippen molar-refractivity contribution in [2.75, 3.05) is 19.0 Å². The van der Waals surface area contributed by atoms with Crippen LogP contribution in [0.25, 0.3) is 0 Å². The summed E-state index contributed by atoms with van der Waals surface area (Å²) < 4.78 is 5.19. The van der Waals surface area contributed by atoms with Gasteiger partial charge in [0.2, 0.25) is 0 Å². The fourth-order valence-corrected chi connectivity index (χ4v) is 3.19. The Labute approximate surface area is 168 Å². The molecule has 0 N–H and O–H groups in total. The highest BCUT2D eigenvalue weighted by Crippen LogP contribution is 2.32. The lowest BCUT2D eigenvalue weighted by Crippen LogP contribution is -2.34. The van der Waals surface area contributed by atoms with Crippen LogP contribution in [0.4, 0.5) is 5.69 Å². The third-order valence-corrected chi connectivity index (χ3v) is 4.80. The van der Waals surface area contributed by atoms with Crippen LogP contribution in [0, 0.1) is 13.8 Å². The zero-order valence-electron chi connectivity index (χ0n) is 17.0. The number of rotatable bonds is 4. The van der Waals surface area contributed by atoms with Gasteiger partial charge in [0.05, 0.1) is 22.4 Å². The molecule has 2 aromatic carbocycles. The molecule has 3 amide bonds. The maximum absolute atomic E-state index is 13.0. The Kier molecular flexibility index (Phi) is 5.24. The lowest BCUT2D eigenvalue weighted by Gasteiger charge is -2.17. The van der Waals surface area contributed by atoms with Crippen molar-refractivity contribution in [1.29, 1.82) is 0 Å². The smallest absolute Gasteiger partial charge is 0.338 e. The first-order chi connectivity index (χ1) is 13.6. The van der Waals surface area contributed by atoms with E-state index >= 15 is 0 Å². The molecule has 0 saturated carbocycles. The number of hydrogen-bond donors (Lipinski definition) is 0. The number of ether oxygens (including phenoxy) is 1. The van der Waals surface area contributed by atoms with Crippen molar-refractivity contribution in [2.45, 2.75) is 26.9 Å². The van der Waals surface area contributed by atoms with Crippen LogP contribution in [0.2, 0.25) is 0 Å². The third-order valence-electron chi connectivity index (χ3n) is 4.80. The van der Waals surface area contributed by atoms with E-state index < -0.39 is 23.9 Å². The van der Waals surface area contributed by atoms with E-state index in [9.17, 15) is 19.2 Å². The Bertz CT molecular complexity index is 1040. The number of esters is 1. The van der Waals surface area contributed by atoms with Crippen LogP contribution in [0.3, 0.4) is 0 Å². The van der Waals surface area contributed by atoms with Crippen LogP contribution >= 0.6 is 0 Å². The fourth-order valence-electron chi connectivity index (χ4n) is 3.19. The molecule has 1 heterocycles. The van der Waals surface area contributed by atoms with Crippen LogP contribution in [-0.2, 0) is 9.53 Å². The predicted octanol–water partition coefficient (Wildman–Crippen LogP) is 2.74. The number of benzene rings is 2. The molecular formula is C22H22N2O5. The summed E-state index contributed by atoms with van der Waals surface area (Å²) in [5.41, 5.74) is 2.70. The molecule has 29 heavy (non-hydrogen) atoms. The van der Waals surface area contributed by atoms with Gasteiger partial charge in [-0.25, -0.2) is 9.69 Å². The molecule has 0 bridgehead atoms. The SMILES string of the molecule is Cc1ccc(C)c(N2C(=O)c3ccc(C(=O)O[C@H](C)C(=O)N(C)C)cc3C2=O)c1. The lowest BCUT2D eigenvalue weighted by atomic mass is 10.1. The minimum atomic E-state index is -0.963. The third kappa shape index (κ3) is 3.63. The molecule has 0 radical (unpaired) electrons. The molecule has 1 aliphatic heterocycles. The zero-order valence-corrected chi connectivity index (χ0v) is 17.0. The van der Waals surface area contributed by atoms with E-state index in [0.717, 1.165) is 16.0 Å². The van der Waals surface area contributed by atoms with Crippen molar-refractivity contribution in [3.63, 3.8) is 0 Å². The minimum absolute atomic E-state index is 0.103. The molecule has 1 atom stereocenters. The van der Waals surface area contributed by atoms with Gasteiger partial charge in [-0.1, -0.05) is 12.1 Å². The largest absolute Gasteiger partial charge is 0.449 e. The van der Waals surface area contributed by atoms with Gasteiger partial charge in [0.25, 0.3) is 17.7 Å². The van der Waals surface area contributed by atoms with Crippen LogP contribution in [0.5, 0.6) is 0 Å². The van der Waals surface area contributed by atoms with Crippen LogP contribution < -0.4 is 4.90 Å². The van der Waals surface area contributed by atoms with Gasteiger partial charge < -0.3 is 9.64 Å². The Hall–Kier alpha value is -3.48. The number of aryl methyl sites for hydroxylation is 2. The fraction of sp³-hybridized carbons (Fsp3) is 0.273. The van der Waals surface area contributed by atoms with Crippen LogP contribution in [0.1, 0.15) is 49.1 Å². The number of nitrogens with zero attached hydrogens (tertiary/aromatic N) is 2. The number of amides is 3. The van der Waals surface area contributed by atoms with Crippen LogP contribution in [0.15, 0.2) is 36.4 Å². The first-order valence-corrected chi connectivity index (χ1v) is 9.14. The Morgan fingerprint density at radius 2 is 1.62 bits per heavy atom. The van der Waals surface area contributed by atoms with Crippen LogP contribution in [-0.4, -0.2) is 48.8 Å².